The van der Waals surface area contributed by atoms with Gasteiger partial charge in [-0.1, -0.05) is 43.5 Å². The van der Waals surface area contributed by atoms with E-state index >= 15 is 0 Å². The molecule has 1 aromatic rings. The summed E-state index contributed by atoms with van der Waals surface area (Å²) in [6.07, 6.45) is 6.88. The Hall–Kier alpha value is -1.33. The summed E-state index contributed by atoms with van der Waals surface area (Å²) in [6.45, 7) is 2.79. The molecule has 1 aromatic carbocycles. The van der Waals surface area contributed by atoms with Crippen LogP contribution < -0.4 is 0 Å². The van der Waals surface area contributed by atoms with Gasteiger partial charge in [-0.25, -0.2) is 0 Å². The Morgan fingerprint density at radius 2 is 1.84 bits per heavy atom. The van der Waals surface area contributed by atoms with Crippen molar-refractivity contribution < 1.29 is 0 Å². The van der Waals surface area contributed by atoms with Crippen LogP contribution in [0.3, 0.4) is 0 Å². The number of rotatable bonds is 4. The molecule has 0 bridgehead atoms. The van der Waals surface area contributed by atoms with Crippen molar-refractivity contribution in [3.63, 3.8) is 0 Å². The number of nitriles is 1. The van der Waals surface area contributed by atoms with E-state index in [4.69, 9.17) is 5.26 Å². The van der Waals surface area contributed by atoms with E-state index in [1.165, 1.54) is 43.2 Å². The van der Waals surface area contributed by atoms with Crippen molar-refractivity contribution in [2.45, 2.75) is 57.5 Å². The van der Waals surface area contributed by atoms with Crippen LogP contribution in [0.2, 0.25) is 0 Å². The maximum Gasteiger partial charge on any atom is 0.0949 e. The molecule has 19 heavy (non-hydrogen) atoms. The monoisotopic (exact) mass is 256 g/mol. The Bertz CT molecular complexity index is 424. The largest absolute Gasteiger partial charge is 0.287 e. The summed E-state index contributed by atoms with van der Waals surface area (Å²) < 4.78 is 0. The Labute approximate surface area is 117 Å². The second-order valence-corrected chi connectivity index (χ2v) is 5.80. The molecule has 0 amide bonds. The number of hydrogen-bond acceptors (Lipinski definition) is 2. The van der Waals surface area contributed by atoms with Crippen molar-refractivity contribution in [1.29, 1.82) is 5.26 Å². The minimum Gasteiger partial charge on any atom is -0.287 e. The van der Waals surface area contributed by atoms with Crippen LogP contribution in [0, 0.1) is 11.3 Å². The van der Waals surface area contributed by atoms with Crippen LogP contribution in [-0.4, -0.2) is 18.0 Å². The Morgan fingerprint density at radius 1 is 1.21 bits per heavy atom. The van der Waals surface area contributed by atoms with Crippen molar-refractivity contribution in [3.05, 3.63) is 35.4 Å². The predicted octanol–water partition coefficient (Wildman–Crippen LogP) is 4.08. The van der Waals surface area contributed by atoms with Crippen molar-refractivity contribution in [1.82, 2.24) is 4.90 Å². The molecule has 1 unspecified atom stereocenters. The van der Waals surface area contributed by atoms with Crippen LogP contribution in [0.15, 0.2) is 24.3 Å². The maximum absolute atomic E-state index is 8.91. The molecular formula is C17H24N2. The highest BCUT2D eigenvalue weighted by molar-refractivity contribution is 5.25. The first kappa shape index (κ1) is 14.1. The van der Waals surface area contributed by atoms with E-state index in [1.54, 1.807) is 0 Å². The lowest BCUT2D eigenvalue weighted by molar-refractivity contribution is 0.294. The molecule has 0 radical (unpaired) electrons. The second kappa shape index (κ2) is 6.73. The molecule has 1 aliphatic rings. The average molecular weight is 256 g/mol. The van der Waals surface area contributed by atoms with Crippen LogP contribution in [0.25, 0.3) is 0 Å². The third-order valence-corrected chi connectivity index (χ3v) is 4.34. The molecule has 1 saturated carbocycles. The summed E-state index contributed by atoms with van der Waals surface area (Å²) in [6, 6.07) is 11.3. The summed E-state index contributed by atoms with van der Waals surface area (Å²) >= 11 is 0. The lowest BCUT2D eigenvalue weighted by atomic mass is 9.84. The fourth-order valence-corrected chi connectivity index (χ4v) is 2.85. The molecule has 2 rings (SSSR count). The average Bonchev–Trinajstić information content (AvgIpc) is 2.48. The van der Waals surface area contributed by atoms with E-state index in [0.29, 0.717) is 0 Å². The van der Waals surface area contributed by atoms with Gasteiger partial charge in [0.15, 0.2) is 0 Å². The van der Waals surface area contributed by atoms with Crippen LogP contribution in [0.1, 0.15) is 56.1 Å². The highest BCUT2D eigenvalue weighted by atomic mass is 15.1. The predicted molar refractivity (Wildman–Crippen MR) is 78.8 cm³/mol. The first-order valence-electron chi connectivity index (χ1n) is 7.39. The minimum atomic E-state index is -0.0296. The number of benzene rings is 1. The third-order valence-electron chi connectivity index (χ3n) is 4.34. The van der Waals surface area contributed by atoms with Gasteiger partial charge in [0.25, 0.3) is 0 Å². The van der Waals surface area contributed by atoms with Crippen molar-refractivity contribution in [2.75, 3.05) is 7.05 Å². The van der Waals surface area contributed by atoms with Crippen LogP contribution >= 0.6 is 0 Å². The summed E-state index contributed by atoms with van der Waals surface area (Å²) in [4.78, 5) is 2.08. The van der Waals surface area contributed by atoms with Gasteiger partial charge in [0.2, 0.25) is 0 Å². The number of nitrogens with zero attached hydrogens (tertiary/aromatic N) is 2. The van der Waals surface area contributed by atoms with Gasteiger partial charge in [-0.15, -0.1) is 0 Å². The summed E-state index contributed by atoms with van der Waals surface area (Å²) in [5, 5.41) is 8.91. The molecule has 0 saturated heterocycles. The first-order valence-corrected chi connectivity index (χ1v) is 7.39. The quantitative estimate of drug-likeness (QED) is 0.811. The van der Waals surface area contributed by atoms with Crippen molar-refractivity contribution in [2.24, 2.45) is 0 Å². The zero-order valence-corrected chi connectivity index (χ0v) is 12.1. The van der Waals surface area contributed by atoms with E-state index < -0.39 is 0 Å². The molecule has 2 nitrogen and oxygen atoms in total. The summed E-state index contributed by atoms with van der Waals surface area (Å²) in [5.74, 6) is 0.776. The fourth-order valence-electron chi connectivity index (χ4n) is 2.85. The van der Waals surface area contributed by atoms with E-state index in [9.17, 15) is 0 Å². The molecule has 0 spiro atoms. The van der Waals surface area contributed by atoms with Gasteiger partial charge in [-0.05, 0) is 43.9 Å². The molecule has 102 valence electrons. The van der Waals surface area contributed by atoms with Crippen LogP contribution in [-0.2, 0) is 6.54 Å². The normalized spacial score (nSPS) is 18.2. The Morgan fingerprint density at radius 3 is 2.42 bits per heavy atom. The van der Waals surface area contributed by atoms with Gasteiger partial charge in [0.05, 0.1) is 12.1 Å². The van der Waals surface area contributed by atoms with Gasteiger partial charge in [-0.3, -0.25) is 4.90 Å². The van der Waals surface area contributed by atoms with E-state index in [2.05, 4.69) is 35.2 Å². The topological polar surface area (TPSA) is 27.0 Å². The van der Waals surface area contributed by atoms with Gasteiger partial charge >= 0.3 is 0 Å². The molecule has 1 aliphatic carbocycles. The lowest BCUT2D eigenvalue weighted by Gasteiger charge is -2.23. The zero-order valence-electron chi connectivity index (χ0n) is 12.1. The van der Waals surface area contributed by atoms with Gasteiger partial charge in [0.1, 0.15) is 0 Å². The lowest BCUT2D eigenvalue weighted by Crippen LogP contribution is -2.26. The highest BCUT2D eigenvalue weighted by Gasteiger charge is 2.15. The Kier molecular flexibility index (Phi) is 4.99. The Balaban J connectivity index is 1.96. The summed E-state index contributed by atoms with van der Waals surface area (Å²) in [5.41, 5.74) is 2.79. The van der Waals surface area contributed by atoms with Crippen LogP contribution in [0.4, 0.5) is 0 Å². The molecule has 1 fully saturated rings. The van der Waals surface area contributed by atoms with Gasteiger partial charge in [-0.2, -0.15) is 5.26 Å². The molecule has 2 heteroatoms. The standard InChI is InChI=1S/C17H24N2/c1-14(12-18)19(2)13-15-8-10-17(11-9-15)16-6-4-3-5-7-16/h8-11,14,16H,3-7,13H2,1-2H3. The van der Waals surface area contributed by atoms with E-state index in [0.717, 1.165) is 12.5 Å². The van der Waals surface area contributed by atoms with E-state index in [1.807, 2.05) is 14.0 Å². The molecule has 0 aromatic heterocycles. The van der Waals surface area contributed by atoms with E-state index in [-0.39, 0.29) is 6.04 Å². The smallest absolute Gasteiger partial charge is 0.0949 e. The summed E-state index contributed by atoms with van der Waals surface area (Å²) in [7, 11) is 2.00. The van der Waals surface area contributed by atoms with Crippen molar-refractivity contribution in [3.8, 4) is 6.07 Å². The van der Waals surface area contributed by atoms with Gasteiger partial charge in [0, 0.05) is 6.54 Å². The molecule has 1 atom stereocenters. The first-order chi connectivity index (χ1) is 9.20. The number of hydrogen-bond donors (Lipinski definition) is 0. The molecule has 0 N–H and O–H groups in total. The second-order valence-electron chi connectivity index (χ2n) is 5.80. The highest BCUT2D eigenvalue weighted by Crippen LogP contribution is 2.32. The zero-order chi connectivity index (χ0) is 13.7. The SMILES string of the molecule is CC(C#N)N(C)Cc1ccc(C2CCCCC2)cc1. The minimum absolute atomic E-state index is 0.0296. The molecular weight excluding hydrogens is 232 g/mol. The fraction of sp³-hybridized carbons (Fsp3) is 0.588. The van der Waals surface area contributed by atoms with Gasteiger partial charge < -0.3 is 0 Å². The third kappa shape index (κ3) is 3.81. The molecule has 0 heterocycles. The van der Waals surface area contributed by atoms with Crippen molar-refractivity contribution >= 4 is 0 Å². The van der Waals surface area contributed by atoms with Crippen LogP contribution in [0.5, 0.6) is 0 Å². The molecule has 0 aliphatic heterocycles. The maximum atomic E-state index is 8.91.